The Morgan fingerprint density at radius 3 is 2.47 bits per heavy atom. The molecule has 0 aliphatic carbocycles. The summed E-state index contributed by atoms with van der Waals surface area (Å²) in [5.74, 6) is -0.427. The molecule has 2 atom stereocenters. The number of amides is 1. The van der Waals surface area contributed by atoms with E-state index in [4.69, 9.17) is 4.74 Å². The highest BCUT2D eigenvalue weighted by atomic mass is 32.2. The van der Waals surface area contributed by atoms with E-state index in [-0.39, 0.29) is 17.6 Å². The molecule has 0 fully saturated rings. The van der Waals surface area contributed by atoms with Gasteiger partial charge in [-0.1, -0.05) is 25.1 Å². The first kappa shape index (κ1) is 29.0. The number of hydrogen-bond donors (Lipinski definition) is 1. The summed E-state index contributed by atoms with van der Waals surface area (Å²) in [5, 5.41) is 0. The number of ether oxygens (including phenoxy) is 1. The predicted molar refractivity (Wildman–Crippen MR) is 150 cm³/mol. The SMILES string of the molecule is C#C.CCc1ccc(S(=O)N[C@H]2CC(C)(C)Oc3ncc(C(=O)N(CC)c4ccc(C)cc4F)cc32)cc1. The van der Waals surface area contributed by atoms with Crippen molar-refractivity contribution < 1.29 is 18.1 Å². The lowest BCUT2D eigenvalue weighted by Crippen LogP contribution is -2.40. The molecule has 0 saturated heterocycles. The van der Waals surface area contributed by atoms with E-state index >= 15 is 0 Å². The van der Waals surface area contributed by atoms with Gasteiger partial charge in [0.1, 0.15) is 22.4 Å². The van der Waals surface area contributed by atoms with Crippen molar-refractivity contribution in [2.75, 3.05) is 11.4 Å². The van der Waals surface area contributed by atoms with Gasteiger partial charge < -0.3 is 9.64 Å². The highest BCUT2D eigenvalue weighted by Crippen LogP contribution is 2.39. The molecular weight excluding hydrogens is 501 g/mol. The zero-order valence-electron chi connectivity index (χ0n) is 22.5. The fourth-order valence-corrected chi connectivity index (χ4v) is 5.38. The number of nitrogens with one attached hydrogen (secondary N) is 1. The number of carbonyl (C=O) groups excluding carboxylic acids is 1. The summed E-state index contributed by atoms with van der Waals surface area (Å²) in [6, 6.07) is 13.8. The average molecular weight is 536 g/mol. The molecule has 1 aliphatic rings. The molecule has 0 spiro atoms. The molecule has 8 heteroatoms. The normalized spacial score (nSPS) is 16.3. The lowest BCUT2D eigenvalue weighted by Gasteiger charge is -2.37. The predicted octanol–water partition coefficient (Wildman–Crippen LogP) is 5.92. The molecule has 38 heavy (non-hydrogen) atoms. The van der Waals surface area contributed by atoms with Gasteiger partial charge in [0.05, 0.1) is 22.2 Å². The number of hydrogen-bond acceptors (Lipinski definition) is 4. The van der Waals surface area contributed by atoms with E-state index in [0.717, 1.165) is 12.0 Å². The van der Waals surface area contributed by atoms with Crippen molar-refractivity contribution in [1.82, 2.24) is 9.71 Å². The van der Waals surface area contributed by atoms with Crippen LogP contribution in [0.1, 0.15) is 67.2 Å². The molecule has 1 aliphatic heterocycles. The number of fused-ring (bicyclic) bond motifs is 1. The first-order valence-corrected chi connectivity index (χ1v) is 13.6. The van der Waals surface area contributed by atoms with E-state index in [1.807, 2.05) is 38.1 Å². The Morgan fingerprint density at radius 2 is 1.87 bits per heavy atom. The number of anilines is 1. The maximum atomic E-state index is 14.7. The number of aryl methyl sites for hydroxylation is 2. The molecule has 3 aromatic rings. The lowest BCUT2D eigenvalue weighted by atomic mass is 9.91. The summed E-state index contributed by atoms with van der Waals surface area (Å²) in [5.41, 5.74) is 2.59. The van der Waals surface area contributed by atoms with Gasteiger partial charge >= 0.3 is 0 Å². The topological polar surface area (TPSA) is 71.5 Å². The Labute approximate surface area is 227 Å². The third-order valence-corrected chi connectivity index (χ3v) is 7.52. The zero-order chi connectivity index (χ0) is 28.0. The quantitative estimate of drug-likeness (QED) is 0.381. The van der Waals surface area contributed by atoms with Crippen LogP contribution in [0.4, 0.5) is 10.1 Å². The molecule has 1 N–H and O–H groups in total. The molecule has 2 heterocycles. The van der Waals surface area contributed by atoms with Gasteiger partial charge in [-0.05, 0) is 75.6 Å². The molecule has 200 valence electrons. The van der Waals surface area contributed by atoms with E-state index in [1.54, 1.807) is 32.0 Å². The van der Waals surface area contributed by atoms with Gasteiger partial charge in [-0.3, -0.25) is 4.79 Å². The minimum atomic E-state index is -1.47. The summed E-state index contributed by atoms with van der Waals surface area (Å²) in [7, 11) is -1.47. The largest absolute Gasteiger partial charge is 0.471 e. The summed E-state index contributed by atoms with van der Waals surface area (Å²) in [4.78, 5) is 19.9. The third-order valence-electron chi connectivity index (χ3n) is 6.32. The second kappa shape index (κ2) is 12.3. The van der Waals surface area contributed by atoms with Crippen molar-refractivity contribution in [3.8, 4) is 18.7 Å². The van der Waals surface area contributed by atoms with Crippen LogP contribution in [-0.2, 0) is 17.4 Å². The fourth-order valence-electron chi connectivity index (χ4n) is 4.39. The Kier molecular flexibility index (Phi) is 9.42. The molecule has 1 unspecified atom stereocenters. The van der Waals surface area contributed by atoms with Crippen LogP contribution in [0.25, 0.3) is 0 Å². The number of nitrogens with zero attached hydrogens (tertiary/aromatic N) is 2. The van der Waals surface area contributed by atoms with Crippen LogP contribution in [0.2, 0.25) is 0 Å². The van der Waals surface area contributed by atoms with E-state index in [2.05, 4.69) is 29.5 Å². The first-order chi connectivity index (χ1) is 18.1. The molecule has 2 aromatic carbocycles. The first-order valence-electron chi connectivity index (χ1n) is 12.5. The molecule has 0 radical (unpaired) electrons. The molecule has 6 nitrogen and oxygen atoms in total. The van der Waals surface area contributed by atoms with Crippen LogP contribution in [0.15, 0.2) is 59.6 Å². The van der Waals surface area contributed by atoms with Crippen LogP contribution in [0.5, 0.6) is 5.88 Å². The highest BCUT2D eigenvalue weighted by Gasteiger charge is 2.36. The molecule has 1 amide bonds. The van der Waals surface area contributed by atoms with Crippen molar-refractivity contribution in [1.29, 1.82) is 0 Å². The van der Waals surface area contributed by atoms with Crippen molar-refractivity contribution in [2.24, 2.45) is 0 Å². The highest BCUT2D eigenvalue weighted by molar-refractivity contribution is 7.83. The number of halogens is 1. The number of rotatable bonds is 7. The van der Waals surface area contributed by atoms with Crippen molar-refractivity contribution in [3.63, 3.8) is 0 Å². The average Bonchev–Trinajstić information content (AvgIpc) is 2.90. The molecule has 0 bridgehead atoms. The Hall–Kier alpha value is -3.54. The van der Waals surface area contributed by atoms with E-state index < -0.39 is 22.4 Å². The van der Waals surface area contributed by atoms with Gasteiger partial charge in [0.25, 0.3) is 5.91 Å². The standard InChI is InChI=1S/C28H32FN3O3S.C2H2/c1-6-19-9-11-21(12-10-19)36(34)31-24-16-28(4,5)35-26-22(24)15-20(17-30-26)27(33)32(7-2)25-13-8-18(3)14-23(25)29;1-2/h8-15,17,24,31H,6-7,16H2,1-5H3;1-2H/t24-,36?;/m0./s1. The fraction of sp³-hybridized carbons (Fsp3) is 0.333. The van der Waals surface area contributed by atoms with Gasteiger partial charge in [0, 0.05) is 24.7 Å². The maximum Gasteiger partial charge on any atom is 0.259 e. The van der Waals surface area contributed by atoms with E-state index in [0.29, 0.717) is 34.9 Å². The van der Waals surface area contributed by atoms with Gasteiger partial charge in [0.2, 0.25) is 5.88 Å². The van der Waals surface area contributed by atoms with Crippen molar-refractivity contribution in [3.05, 3.63) is 82.8 Å². The number of aromatic nitrogens is 1. The number of benzene rings is 2. The van der Waals surface area contributed by atoms with Gasteiger partial charge in [-0.2, -0.15) is 0 Å². The lowest BCUT2D eigenvalue weighted by molar-refractivity contribution is 0.0642. The van der Waals surface area contributed by atoms with Gasteiger partial charge in [0.15, 0.2) is 0 Å². The monoisotopic (exact) mass is 535 g/mol. The molecule has 1 aromatic heterocycles. The Bertz CT molecular complexity index is 1340. The van der Waals surface area contributed by atoms with E-state index in [9.17, 15) is 13.4 Å². The zero-order valence-corrected chi connectivity index (χ0v) is 23.3. The molecule has 0 saturated carbocycles. The molecule has 4 rings (SSSR count). The van der Waals surface area contributed by atoms with Crippen LogP contribution in [0, 0.1) is 25.6 Å². The minimum Gasteiger partial charge on any atom is -0.471 e. The van der Waals surface area contributed by atoms with Crippen molar-refractivity contribution in [2.45, 2.75) is 64.0 Å². The Morgan fingerprint density at radius 1 is 1.18 bits per heavy atom. The second-order valence-electron chi connectivity index (χ2n) is 9.63. The third kappa shape index (κ3) is 6.47. The van der Waals surface area contributed by atoms with Crippen LogP contribution in [0.3, 0.4) is 0 Å². The number of pyridine rings is 1. The second-order valence-corrected chi connectivity index (χ2v) is 10.9. The van der Waals surface area contributed by atoms with Crippen LogP contribution in [-0.4, -0.2) is 27.2 Å². The summed E-state index contributed by atoms with van der Waals surface area (Å²) >= 11 is 0. The summed E-state index contributed by atoms with van der Waals surface area (Å²) in [6.07, 6.45) is 10.9. The van der Waals surface area contributed by atoms with Crippen LogP contribution >= 0.6 is 0 Å². The van der Waals surface area contributed by atoms with Gasteiger partial charge in [-0.15, -0.1) is 12.8 Å². The summed E-state index contributed by atoms with van der Waals surface area (Å²) in [6.45, 7) is 9.86. The maximum absolute atomic E-state index is 14.7. The van der Waals surface area contributed by atoms with Gasteiger partial charge in [-0.25, -0.2) is 18.3 Å². The number of carbonyl (C=O) groups is 1. The van der Waals surface area contributed by atoms with Crippen molar-refractivity contribution >= 4 is 22.6 Å². The number of terminal acetylenes is 1. The van der Waals surface area contributed by atoms with Crippen LogP contribution < -0.4 is 14.4 Å². The summed E-state index contributed by atoms with van der Waals surface area (Å²) < 4.78 is 37.1. The van der Waals surface area contributed by atoms with E-state index in [1.165, 1.54) is 22.7 Å². The Balaban J connectivity index is 0.00000195. The molecular formula is C30H34FN3O3S. The smallest absolute Gasteiger partial charge is 0.259 e. The minimum absolute atomic E-state index is 0.217.